The molecule has 16 heavy (non-hydrogen) atoms. The van der Waals surface area contributed by atoms with E-state index in [1.807, 2.05) is 24.5 Å². The number of ether oxygens (including phenoxy) is 1. The van der Waals surface area contributed by atoms with E-state index in [0.717, 1.165) is 32.0 Å². The summed E-state index contributed by atoms with van der Waals surface area (Å²) in [5.74, 6) is 0.755. The molecular formula is C13H20N2O. The van der Waals surface area contributed by atoms with Crippen LogP contribution in [0.4, 0.5) is 0 Å². The third kappa shape index (κ3) is 3.58. The molecule has 1 unspecified atom stereocenters. The van der Waals surface area contributed by atoms with Gasteiger partial charge in [-0.2, -0.15) is 0 Å². The van der Waals surface area contributed by atoms with Crippen LogP contribution >= 0.6 is 0 Å². The van der Waals surface area contributed by atoms with Gasteiger partial charge in [-0.15, -0.1) is 0 Å². The lowest BCUT2D eigenvalue weighted by molar-refractivity contribution is 0.0619. The van der Waals surface area contributed by atoms with Crippen molar-refractivity contribution >= 4 is 0 Å². The van der Waals surface area contributed by atoms with Gasteiger partial charge in [-0.1, -0.05) is 0 Å². The molecule has 1 aromatic rings. The average molecular weight is 220 g/mol. The van der Waals surface area contributed by atoms with Crippen molar-refractivity contribution in [1.29, 1.82) is 0 Å². The van der Waals surface area contributed by atoms with Gasteiger partial charge in [-0.25, -0.2) is 0 Å². The predicted octanol–water partition coefficient (Wildman–Crippen LogP) is 1.77. The summed E-state index contributed by atoms with van der Waals surface area (Å²) in [7, 11) is 0. The zero-order valence-corrected chi connectivity index (χ0v) is 9.64. The van der Waals surface area contributed by atoms with Crippen molar-refractivity contribution in [3.63, 3.8) is 0 Å². The second-order valence-electron chi connectivity index (χ2n) is 4.61. The molecule has 0 aromatic carbocycles. The maximum absolute atomic E-state index is 6.18. The normalized spacial score (nSPS) is 19.6. The van der Waals surface area contributed by atoms with Crippen LogP contribution in [0.3, 0.4) is 0 Å². The number of aromatic nitrogens is 1. The van der Waals surface area contributed by atoms with Crippen LogP contribution in [0.5, 0.6) is 0 Å². The molecule has 3 heteroatoms. The topological polar surface area (TPSA) is 48.1 Å². The lowest BCUT2D eigenvalue weighted by Crippen LogP contribution is -2.28. The number of hydrogen-bond donors (Lipinski definition) is 1. The Kier molecular flexibility index (Phi) is 4.31. The van der Waals surface area contributed by atoms with Crippen molar-refractivity contribution in [2.24, 2.45) is 11.7 Å². The molecule has 0 amide bonds. The van der Waals surface area contributed by atoms with Crippen LogP contribution in [0.2, 0.25) is 0 Å². The van der Waals surface area contributed by atoms with Crippen molar-refractivity contribution in [2.75, 3.05) is 13.2 Å². The summed E-state index contributed by atoms with van der Waals surface area (Å²) in [6, 6.07) is 4.36. The first kappa shape index (κ1) is 11.6. The van der Waals surface area contributed by atoms with Crippen LogP contribution in [0.1, 0.15) is 24.8 Å². The number of pyridine rings is 1. The zero-order valence-electron chi connectivity index (χ0n) is 9.64. The number of rotatable bonds is 4. The van der Waals surface area contributed by atoms with Gasteiger partial charge >= 0.3 is 0 Å². The Morgan fingerprint density at radius 1 is 1.31 bits per heavy atom. The van der Waals surface area contributed by atoms with E-state index in [-0.39, 0.29) is 6.04 Å². The van der Waals surface area contributed by atoms with Crippen LogP contribution in [0, 0.1) is 5.92 Å². The van der Waals surface area contributed by atoms with Crippen LogP contribution in [-0.2, 0) is 11.2 Å². The quantitative estimate of drug-likeness (QED) is 0.841. The zero-order chi connectivity index (χ0) is 11.2. The highest BCUT2D eigenvalue weighted by Gasteiger charge is 2.17. The first-order valence-electron chi connectivity index (χ1n) is 6.07. The molecule has 0 spiro atoms. The molecule has 1 saturated heterocycles. The Balaban J connectivity index is 1.77. The van der Waals surface area contributed by atoms with E-state index in [0.29, 0.717) is 0 Å². The molecular weight excluding hydrogens is 200 g/mol. The molecule has 1 aromatic heterocycles. The highest BCUT2D eigenvalue weighted by molar-refractivity contribution is 5.11. The van der Waals surface area contributed by atoms with E-state index in [4.69, 9.17) is 10.5 Å². The van der Waals surface area contributed by atoms with Gasteiger partial charge in [-0.3, -0.25) is 4.98 Å². The fourth-order valence-corrected chi connectivity index (χ4v) is 2.32. The summed E-state index contributed by atoms with van der Waals surface area (Å²) in [5, 5.41) is 0. The molecule has 88 valence electrons. The molecule has 3 nitrogen and oxygen atoms in total. The molecule has 2 rings (SSSR count). The van der Waals surface area contributed by atoms with Crippen molar-refractivity contribution in [3.8, 4) is 0 Å². The molecule has 1 aliphatic heterocycles. The van der Waals surface area contributed by atoms with E-state index in [1.165, 1.54) is 18.4 Å². The Bertz CT molecular complexity index is 296. The van der Waals surface area contributed by atoms with Crippen LogP contribution in [-0.4, -0.2) is 24.2 Å². The summed E-state index contributed by atoms with van der Waals surface area (Å²) in [6.45, 7) is 1.82. The summed E-state index contributed by atoms with van der Waals surface area (Å²) in [4.78, 5) is 4.01. The summed E-state index contributed by atoms with van der Waals surface area (Å²) >= 11 is 0. The molecule has 2 heterocycles. The van der Waals surface area contributed by atoms with Crippen molar-refractivity contribution in [2.45, 2.75) is 31.7 Å². The van der Waals surface area contributed by atoms with E-state index < -0.39 is 0 Å². The van der Waals surface area contributed by atoms with Crippen molar-refractivity contribution in [3.05, 3.63) is 30.1 Å². The maximum atomic E-state index is 6.18. The lowest BCUT2D eigenvalue weighted by Gasteiger charge is -2.24. The minimum atomic E-state index is 0.269. The third-order valence-corrected chi connectivity index (χ3v) is 3.22. The molecule has 0 radical (unpaired) electrons. The second kappa shape index (κ2) is 5.97. The lowest BCUT2D eigenvalue weighted by atomic mass is 9.90. The number of nitrogens with two attached hydrogens (primary N) is 1. The van der Waals surface area contributed by atoms with Gasteiger partial charge < -0.3 is 10.5 Å². The standard InChI is InChI=1S/C13H20N2O/c14-13(9-11-1-5-15-6-2-11)10-12-3-7-16-8-4-12/h1-2,5-6,12-13H,3-4,7-10,14H2. The molecule has 1 atom stereocenters. The van der Waals surface area contributed by atoms with Crippen molar-refractivity contribution in [1.82, 2.24) is 4.98 Å². The van der Waals surface area contributed by atoms with E-state index in [9.17, 15) is 0 Å². The Morgan fingerprint density at radius 3 is 2.69 bits per heavy atom. The highest BCUT2D eigenvalue weighted by Crippen LogP contribution is 2.20. The van der Waals surface area contributed by atoms with Gasteiger partial charge in [0.25, 0.3) is 0 Å². The van der Waals surface area contributed by atoms with E-state index in [1.54, 1.807) is 0 Å². The minimum Gasteiger partial charge on any atom is -0.381 e. The fourth-order valence-electron chi connectivity index (χ4n) is 2.32. The molecule has 0 bridgehead atoms. The fraction of sp³-hybridized carbons (Fsp3) is 0.615. The van der Waals surface area contributed by atoms with Crippen molar-refractivity contribution < 1.29 is 4.74 Å². The summed E-state index contributed by atoms with van der Waals surface area (Å²) in [6.07, 6.45) is 8.08. The third-order valence-electron chi connectivity index (χ3n) is 3.22. The Hall–Kier alpha value is -0.930. The van der Waals surface area contributed by atoms with E-state index >= 15 is 0 Å². The maximum Gasteiger partial charge on any atom is 0.0468 e. The SMILES string of the molecule is NC(Cc1ccncc1)CC1CCOCC1. The summed E-state index contributed by atoms with van der Waals surface area (Å²) < 4.78 is 5.35. The molecule has 2 N–H and O–H groups in total. The first-order chi connectivity index (χ1) is 7.84. The second-order valence-corrected chi connectivity index (χ2v) is 4.61. The Morgan fingerprint density at radius 2 is 2.00 bits per heavy atom. The van der Waals surface area contributed by atoms with Crippen LogP contribution < -0.4 is 5.73 Å². The van der Waals surface area contributed by atoms with E-state index in [2.05, 4.69) is 4.98 Å². The average Bonchev–Trinajstić information content (AvgIpc) is 2.31. The van der Waals surface area contributed by atoms with Crippen LogP contribution in [0.15, 0.2) is 24.5 Å². The number of hydrogen-bond acceptors (Lipinski definition) is 3. The van der Waals surface area contributed by atoms with Gasteiger partial charge in [0.05, 0.1) is 0 Å². The molecule has 0 saturated carbocycles. The molecule has 0 aliphatic carbocycles. The van der Waals surface area contributed by atoms with Gasteiger partial charge in [0.15, 0.2) is 0 Å². The van der Waals surface area contributed by atoms with Gasteiger partial charge in [0, 0.05) is 31.6 Å². The van der Waals surface area contributed by atoms with Gasteiger partial charge in [-0.05, 0) is 49.3 Å². The predicted molar refractivity (Wildman–Crippen MR) is 64.1 cm³/mol. The first-order valence-corrected chi connectivity index (χ1v) is 6.07. The summed E-state index contributed by atoms with van der Waals surface area (Å²) in [5.41, 5.74) is 7.46. The molecule has 1 aliphatic rings. The van der Waals surface area contributed by atoms with Gasteiger partial charge in [0.1, 0.15) is 0 Å². The van der Waals surface area contributed by atoms with Gasteiger partial charge in [0.2, 0.25) is 0 Å². The molecule has 1 fully saturated rings. The smallest absolute Gasteiger partial charge is 0.0468 e. The minimum absolute atomic E-state index is 0.269. The highest BCUT2D eigenvalue weighted by atomic mass is 16.5. The Labute approximate surface area is 97.0 Å². The van der Waals surface area contributed by atoms with Crippen LogP contribution in [0.25, 0.3) is 0 Å². The monoisotopic (exact) mass is 220 g/mol. The number of nitrogens with zero attached hydrogens (tertiary/aromatic N) is 1. The largest absolute Gasteiger partial charge is 0.381 e.